The maximum absolute atomic E-state index is 13.2. The second-order valence-corrected chi connectivity index (χ2v) is 7.74. The van der Waals surface area contributed by atoms with Crippen molar-refractivity contribution in [1.82, 2.24) is 9.80 Å². The Morgan fingerprint density at radius 1 is 0.903 bits per heavy atom. The third-order valence-electron chi connectivity index (χ3n) is 5.76. The molecule has 2 amide bonds. The first-order valence-electron chi connectivity index (χ1n) is 10.3. The van der Waals surface area contributed by atoms with Gasteiger partial charge < -0.3 is 14.5 Å². The standard InChI is InChI=1S/C23H23F3N2O3/c24-23(25,26)17-9-7-16(8-10-17)18-4-1-2-5-19(18)21(29)27-11-13-28(14-12-27)22(30)20-6-3-15-31-20/h1-2,4-5,7-10,20H,3,6,11-15H2. The molecule has 0 spiro atoms. The molecule has 8 heteroatoms. The summed E-state index contributed by atoms with van der Waals surface area (Å²) in [6.07, 6.45) is -3.16. The van der Waals surface area contributed by atoms with Crippen molar-refractivity contribution >= 4 is 11.8 Å². The first kappa shape index (κ1) is 21.4. The fourth-order valence-corrected chi connectivity index (χ4v) is 4.04. The molecule has 0 N–H and O–H groups in total. The maximum atomic E-state index is 13.2. The van der Waals surface area contributed by atoms with Crippen LogP contribution in [0.1, 0.15) is 28.8 Å². The molecule has 31 heavy (non-hydrogen) atoms. The van der Waals surface area contributed by atoms with E-state index >= 15 is 0 Å². The van der Waals surface area contributed by atoms with E-state index in [9.17, 15) is 22.8 Å². The monoisotopic (exact) mass is 432 g/mol. The van der Waals surface area contributed by atoms with Gasteiger partial charge in [-0.05, 0) is 42.2 Å². The highest BCUT2D eigenvalue weighted by molar-refractivity contribution is 6.01. The summed E-state index contributed by atoms with van der Waals surface area (Å²) in [5, 5.41) is 0. The van der Waals surface area contributed by atoms with Gasteiger partial charge in [-0.1, -0.05) is 30.3 Å². The van der Waals surface area contributed by atoms with Crippen molar-refractivity contribution in [2.75, 3.05) is 32.8 Å². The van der Waals surface area contributed by atoms with Crippen LogP contribution in [-0.4, -0.2) is 60.5 Å². The van der Waals surface area contributed by atoms with Gasteiger partial charge in [-0.15, -0.1) is 0 Å². The van der Waals surface area contributed by atoms with Crippen LogP contribution in [-0.2, 0) is 15.7 Å². The van der Waals surface area contributed by atoms with Crippen molar-refractivity contribution in [3.8, 4) is 11.1 Å². The lowest BCUT2D eigenvalue weighted by Gasteiger charge is -2.36. The highest BCUT2D eigenvalue weighted by atomic mass is 19.4. The SMILES string of the molecule is O=C(c1ccccc1-c1ccc(C(F)(F)F)cc1)N1CCN(C(=O)C2CCCO2)CC1. The van der Waals surface area contributed by atoms with Gasteiger partial charge in [0.1, 0.15) is 6.10 Å². The molecular formula is C23H23F3N2O3. The number of nitrogens with zero attached hydrogens (tertiary/aromatic N) is 2. The summed E-state index contributed by atoms with van der Waals surface area (Å²) in [6.45, 7) is 2.28. The number of carbonyl (C=O) groups excluding carboxylic acids is 2. The van der Waals surface area contributed by atoms with Gasteiger partial charge in [-0.3, -0.25) is 9.59 Å². The zero-order chi connectivity index (χ0) is 22.0. The number of halogens is 3. The number of alkyl halides is 3. The van der Waals surface area contributed by atoms with E-state index in [1.54, 1.807) is 34.1 Å². The summed E-state index contributed by atoms with van der Waals surface area (Å²) in [5.74, 6) is -0.213. The number of hydrogen-bond donors (Lipinski definition) is 0. The summed E-state index contributed by atoms with van der Waals surface area (Å²) in [6, 6.07) is 11.7. The number of hydrogen-bond acceptors (Lipinski definition) is 3. The van der Waals surface area contributed by atoms with Crippen LogP contribution in [0, 0.1) is 0 Å². The zero-order valence-corrected chi connectivity index (χ0v) is 16.9. The fourth-order valence-electron chi connectivity index (χ4n) is 4.04. The average Bonchev–Trinajstić information content (AvgIpc) is 3.33. The highest BCUT2D eigenvalue weighted by Crippen LogP contribution is 2.32. The third-order valence-corrected chi connectivity index (χ3v) is 5.76. The van der Waals surface area contributed by atoms with E-state index in [0.717, 1.165) is 25.0 Å². The molecule has 0 radical (unpaired) electrons. The van der Waals surface area contributed by atoms with Gasteiger partial charge in [0.15, 0.2) is 0 Å². The summed E-state index contributed by atoms with van der Waals surface area (Å²) in [4.78, 5) is 29.1. The molecule has 2 aliphatic heterocycles. The lowest BCUT2D eigenvalue weighted by molar-refractivity contribution is -0.142. The fraction of sp³-hybridized carbons (Fsp3) is 0.391. The van der Waals surface area contributed by atoms with E-state index in [0.29, 0.717) is 49.5 Å². The molecule has 2 aliphatic rings. The lowest BCUT2D eigenvalue weighted by atomic mass is 9.97. The molecule has 2 aromatic rings. The van der Waals surface area contributed by atoms with Crippen LogP contribution in [0.25, 0.3) is 11.1 Å². The predicted molar refractivity (Wildman–Crippen MR) is 108 cm³/mol. The molecule has 1 atom stereocenters. The molecule has 2 saturated heterocycles. The maximum Gasteiger partial charge on any atom is 0.416 e. The molecule has 0 bridgehead atoms. The Hall–Kier alpha value is -2.87. The average molecular weight is 432 g/mol. The second kappa shape index (κ2) is 8.70. The number of benzene rings is 2. The first-order valence-corrected chi connectivity index (χ1v) is 10.3. The van der Waals surface area contributed by atoms with Gasteiger partial charge in [0.2, 0.25) is 0 Å². The molecule has 2 heterocycles. The van der Waals surface area contributed by atoms with Crippen LogP contribution >= 0.6 is 0 Å². The van der Waals surface area contributed by atoms with Crippen LogP contribution in [0.15, 0.2) is 48.5 Å². The van der Waals surface area contributed by atoms with Crippen LogP contribution < -0.4 is 0 Å². The van der Waals surface area contributed by atoms with E-state index in [4.69, 9.17) is 4.74 Å². The van der Waals surface area contributed by atoms with Gasteiger partial charge >= 0.3 is 6.18 Å². The van der Waals surface area contributed by atoms with Gasteiger partial charge in [-0.25, -0.2) is 0 Å². The van der Waals surface area contributed by atoms with Gasteiger partial charge in [0.25, 0.3) is 11.8 Å². The van der Waals surface area contributed by atoms with Crippen molar-refractivity contribution < 1.29 is 27.5 Å². The Kier molecular flexibility index (Phi) is 6.00. The molecule has 164 valence electrons. The minimum absolute atomic E-state index is 0.0187. The predicted octanol–water partition coefficient (Wildman–Crippen LogP) is 3.84. The summed E-state index contributed by atoms with van der Waals surface area (Å²) in [5.41, 5.74) is 0.830. The largest absolute Gasteiger partial charge is 0.416 e. The summed E-state index contributed by atoms with van der Waals surface area (Å²) < 4.78 is 44.1. The molecule has 0 saturated carbocycles. The lowest BCUT2D eigenvalue weighted by Crippen LogP contribution is -2.52. The Labute approximate surface area is 178 Å². The highest BCUT2D eigenvalue weighted by Gasteiger charge is 2.32. The Bertz CT molecular complexity index is 945. The minimum Gasteiger partial charge on any atom is -0.368 e. The smallest absolute Gasteiger partial charge is 0.368 e. The van der Waals surface area contributed by atoms with E-state index < -0.39 is 11.7 Å². The first-order chi connectivity index (χ1) is 14.8. The second-order valence-electron chi connectivity index (χ2n) is 7.74. The van der Waals surface area contributed by atoms with Crippen molar-refractivity contribution in [2.24, 2.45) is 0 Å². The van der Waals surface area contributed by atoms with E-state index in [2.05, 4.69) is 0 Å². The molecule has 4 rings (SSSR count). The normalized spacial score (nSPS) is 19.5. The quantitative estimate of drug-likeness (QED) is 0.741. The number of carbonyl (C=O) groups is 2. The molecule has 0 aliphatic carbocycles. The van der Waals surface area contributed by atoms with Gasteiger partial charge in [0, 0.05) is 38.3 Å². The summed E-state index contributed by atoms with van der Waals surface area (Å²) in [7, 11) is 0. The molecule has 2 aromatic carbocycles. The van der Waals surface area contributed by atoms with Crippen LogP contribution in [0.3, 0.4) is 0 Å². The summed E-state index contributed by atoms with van der Waals surface area (Å²) >= 11 is 0. The van der Waals surface area contributed by atoms with Crippen LogP contribution in [0.2, 0.25) is 0 Å². The Morgan fingerprint density at radius 3 is 2.16 bits per heavy atom. The zero-order valence-electron chi connectivity index (χ0n) is 16.9. The Morgan fingerprint density at radius 2 is 1.55 bits per heavy atom. The molecule has 0 aromatic heterocycles. The van der Waals surface area contributed by atoms with Crippen molar-refractivity contribution in [3.63, 3.8) is 0 Å². The molecule has 2 fully saturated rings. The third kappa shape index (κ3) is 4.58. The van der Waals surface area contributed by atoms with Crippen molar-refractivity contribution in [2.45, 2.75) is 25.1 Å². The van der Waals surface area contributed by atoms with Crippen LogP contribution in [0.4, 0.5) is 13.2 Å². The van der Waals surface area contributed by atoms with Gasteiger partial charge in [-0.2, -0.15) is 13.2 Å². The van der Waals surface area contributed by atoms with E-state index in [1.165, 1.54) is 12.1 Å². The number of piperazine rings is 1. The Balaban J connectivity index is 1.47. The number of ether oxygens (including phenoxy) is 1. The topological polar surface area (TPSA) is 49.9 Å². The van der Waals surface area contributed by atoms with Gasteiger partial charge in [0.05, 0.1) is 5.56 Å². The van der Waals surface area contributed by atoms with E-state index in [-0.39, 0.29) is 17.9 Å². The minimum atomic E-state index is -4.41. The molecular weight excluding hydrogens is 409 g/mol. The van der Waals surface area contributed by atoms with E-state index in [1.807, 2.05) is 0 Å². The van der Waals surface area contributed by atoms with Crippen molar-refractivity contribution in [3.05, 3.63) is 59.7 Å². The number of amides is 2. The van der Waals surface area contributed by atoms with Crippen molar-refractivity contribution in [1.29, 1.82) is 0 Å². The molecule has 1 unspecified atom stereocenters. The molecule has 5 nitrogen and oxygen atoms in total. The number of rotatable bonds is 3. The van der Waals surface area contributed by atoms with Crippen LogP contribution in [0.5, 0.6) is 0 Å².